The van der Waals surface area contributed by atoms with Crippen molar-refractivity contribution in [2.24, 2.45) is 5.73 Å². The Bertz CT molecular complexity index is 571. The van der Waals surface area contributed by atoms with Gasteiger partial charge in [0.15, 0.2) is 0 Å². The van der Waals surface area contributed by atoms with Crippen LogP contribution in [-0.2, 0) is 4.74 Å². The standard InChI is InChI=1S/C10H14FN3O5/c11-4-2-14(10(18)13-9(4)17)7-1-5(12)8(19-7)6(16)3-15/h2,5-8,15-16H,1,3,12H2,(H,13,17,18)/t5-,6+,7+,8-/m0/s1. The Morgan fingerprint density at radius 1 is 1.63 bits per heavy atom. The van der Waals surface area contributed by atoms with Gasteiger partial charge in [-0.2, -0.15) is 4.39 Å². The number of nitrogens with two attached hydrogens (primary N) is 1. The van der Waals surface area contributed by atoms with Crippen LogP contribution in [0.25, 0.3) is 0 Å². The molecular weight excluding hydrogens is 261 g/mol. The minimum absolute atomic E-state index is 0.146. The Morgan fingerprint density at radius 2 is 2.32 bits per heavy atom. The van der Waals surface area contributed by atoms with Crippen LogP contribution in [0.3, 0.4) is 0 Å². The quantitative estimate of drug-likeness (QED) is 0.488. The topological polar surface area (TPSA) is 131 Å². The third-order valence-electron chi connectivity index (χ3n) is 3.01. The summed E-state index contributed by atoms with van der Waals surface area (Å²) in [6.07, 6.45) is -2.08. The first-order valence-electron chi connectivity index (χ1n) is 5.65. The summed E-state index contributed by atoms with van der Waals surface area (Å²) in [6, 6.07) is -0.617. The lowest BCUT2D eigenvalue weighted by molar-refractivity contribution is -0.0783. The molecule has 1 aromatic heterocycles. The molecule has 19 heavy (non-hydrogen) atoms. The molecule has 0 saturated carbocycles. The van der Waals surface area contributed by atoms with Crippen molar-refractivity contribution in [1.29, 1.82) is 0 Å². The molecule has 1 aliphatic rings. The van der Waals surface area contributed by atoms with Crippen molar-refractivity contribution >= 4 is 0 Å². The highest BCUT2D eigenvalue weighted by atomic mass is 19.1. The van der Waals surface area contributed by atoms with E-state index in [2.05, 4.69) is 0 Å². The van der Waals surface area contributed by atoms with Crippen LogP contribution in [0, 0.1) is 5.82 Å². The van der Waals surface area contributed by atoms with Gasteiger partial charge >= 0.3 is 5.69 Å². The van der Waals surface area contributed by atoms with E-state index in [-0.39, 0.29) is 6.42 Å². The number of aliphatic hydroxyl groups excluding tert-OH is 2. The van der Waals surface area contributed by atoms with E-state index in [1.54, 1.807) is 4.98 Å². The number of H-pyrrole nitrogens is 1. The van der Waals surface area contributed by atoms with E-state index in [0.29, 0.717) is 0 Å². The van der Waals surface area contributed by atoms with Crippen molar-refractivity contribution < 1.29 is 19.3 Å². The number of hydrogen-bond acceptors (Lipinski definition) is 6. The van der Waals surface area contributed by atoms with E-state index in [0.717, 1.165) is 10.8 Å². The van der Waals surface area contributed by atoms with E-state index in [9.17, 15) is 19.1 Å². The maximum atomic E-state index is 13.2. The van der Waals surface area contributed by atoms with E-state index >= 15 is 0 Å². The van der Waals surface area contributed by atoms with Gasteiger partial charge in [-0.25, -0.2) is 4.79 Å². The molecule has 8 nitrogen and oxygen atoms in total. The molecule has 1 aliphatic heterocycles. The summed E-state index contributed by atoms with van der Waals surface area (Å²) in [4.78, 5) is 24.2. The second-order valence-corrected chi connectivity index (χ2v) is 4.35. The highest BCUT2D eigenvalue weighted by Gasteiger charge is 2.38. The zero-order chi connectivity index (χ0) is 14.2. The van der Waals surface area contributed by atoms with Crippen molar-refractivity contribution in [1.82, 2.24) is 9.55 Å². The van der Waals surface area contributed by atoms with E-state index in [4.69, 9.17) is 15.6 Å². The Kier molecular flexibility index (Phi) is 3.80. The fraction of sp³-hybridized carbons (Fsp3) is 0.600. The molecule has 0 amide bonds. The zero-order valence-electron chi connectivity index (χ0n) is 9.82. The summed E-state index contributed by atoms with van der Waals surface area (Å²) in [5.41, 5.74) is 3.78. The van der Waals surface area contributed by atoms with Crippen molar-refractivity contribution in [2.75, 3.05) is 6.61 Å². The number of nitrogens with one attached hydrogen (secondary N) is 1. The number of aliphatic hydroxyl groups is 2. The summed E-state index contributed by atoms with van der Waals surface area (Å²) in [5, 5.41) is 18.3. The molecule has 0 aliphatic carbocycles. The molecule has 9 heteroatoms. The smallest absolute Gasteiger partial charge is 0.330 e. The molecule has 0 spiro atoms. The third kappa shape index (κ3) is 2.59. The van der Waals surface area contributed by atoms with Gasteiger partial charge in [0.25, 0.3) is 5.56 Å². The lowest BCUT2D eigenvalue weighted by Crippen LogP contribution is -2.41. The van der Waals surface area contributed by atoms with Gasteiger partial charge in [0.2, 0.25) is 5.82 Å². The molecule has 4 atom stereocenters. The number of nitrogens with zero attached hydrogens (tertiary/aromatic N) is 1. The molecule has 2 heterocycles. The largest absolute Gasteiger partial charge is 0.394 e. The van der Waals surface area contributed by atoms with Crippen LogP contribution in [0.5, 0.6) is 0 Å². The number of ether oxygens (including phenoxy) is 1. The molecule has 0 radical (unpaired) electrons. The van der Waals surface area contributed by atoms with Gasteiger partial charge in [-0.1, -0.05) is 0 Å². The minimum Gasteiger partial charge on any atom is -0.394 e. The Morgan fingerprint density at radius 3 is 2.95 bits per heavy atom. The van der Waals surface area contributed by atoms with Crippen molar-refractivity contribution in [3.05, 3.63) is 32.9 Å². The highest BCUT2D eigenvalue weighted by molar-refractivity contribution is 4.93. The maximum Gasteiger partial charge on any atom is 0.330 e. The van der Waals surface area contributed by atoms with E-state index in [1.165, 1.54) is 0 Å². The first-order chi connectivity index (χ1) is 8.93. The lowest BCUT2D eigenvalue weighted by Gasteiger charge is -2.20. The first kappa shape index (κ1) is 13.9. The van der Waals surface area contributed by atoms with Gasteiger partial charge in [0, 0.05) is 12.5 Å². The van der Waals surface area contributed by atoms with Gasteiger partial charge in [0.05, 0.1) is 12.8 Å². The lowest BCUT2D eigenvalue weighted by atomic mass is 10.1. The van der Waals surface area contributed by atoms with Crippen LogP contribution in [0.4, 0.5) is 4.39 Å². The predicted molar refractivity (Wildman–Crippen MR) is 60.9 cm³/mol. The molecule has 1 aromatic rings. The number of aromatic nitrogens is 2. The van der Waals surface area contributed by atoms with E-state index < -0.39 is 48.2 Å². The maximum absolute atomic E-state index is 13.2. The van der Waals surface area contributed by atoms with Crippen LogP contribution in [0.1, 0.15) is 12.6 Å². The molecule has 2 rings (SSSR count). The highest BCUT2D eigenvalue weighted by Crippen LogP contribution is 2.28. The normalized spacial score (nSPS) is 28.5. The van der Waals surface area contributed by atoms with E-state index in [1.807, 2.05) is 0 Å². The van der Waals surface area contributed by atoms with Crippen LogP contribution >= 0.6 is 0 Å². The molecule has 106 valence electrons. The summed E-state index contributed by atoms with van der Waals surface area (Å²) in [7, 11) is 0. The summed E-state index contributed by atoms with van der Waals surface area (Å²) in [6.45, 7) is -0.542. The van der Waals surface area contributed by atoms with Crippen LogP contribution in [0.15, 0.2) is 15.8 Å². The van der Waals surface area contributed by atoms with Crippen molar-refractivity contribution in [3.63, 3.8) is 0 Å². The van der Waals surface area contributed by atoms with Gasteiger partial charge < -0.3 is 20.7 Å². The number of aromatic amines is 1. The Balaban J connectivity index is 2.28. The van der Waals surface area contributed by atoms with Gasteiger partial charge in [-0.3, -0.25) is 14.3 Å². The van der Waals surface area contributed by atoms with Crippen LogP contribution in [-0.4, -0.2) is 44.6 Å². The molecule has 0 bridgehead atoms. The molecule has 0 unspecified atom stereocenters. The number of hydrogen-bond donors (Lipinski definition) is 4. The molecule has 1 saturated heterocycles. The second kappa shape index (κ2) is 5.21. The van der Waals surface area contributed by atoms with Gasteiger partial charge in [-0.05, 0) is 0 Å². The monoisotopic (exact) mass is 275 g/mol. The Hall–Kier alpha value is -1.55. The van der Waals surface area contributed by atoms with Gasteiger partial charge in [-0.15, -0.1) is 0 Å². The van der Waals surface area contributed by atoms with Crippen LogP contribution < -0.4 is 17.0 Å². The molecule has 1 fully saturated rings. The first-order valence-corrected chi connectivity index (χ1v) is 5.65. The second-order valence-electron chi connectivity index (χ2n) is 4.35. The SMILES string of the molecule is N[C@H]1C[C@H](n2cc(F)c(=O)[nH]c2=O)O[C@@H]1[C@H](O)CO. The summed E-state index contributed by atoms with van der Waals surface area (Å²) >= 11 is 0. The fourth-order valence-corrected chi connectivity index (χ4v) is 2.04. The third-order valence-corrected chi connectivity index (χ3v) is 3.01. The minimum atomic E-state index is -1.19. The zero-order valence-corrected chi connectivity index (χ0v) is 9.82. The average Bonchev–Trinajstić information content (AvgIpc) is 2.75. The Labute approximate surface area is 106 Å². The van der Waals surface area contributed by atoms with Crippen molar-refractivity contribution in [2.45, 2.75) is 30.9 Å². The summed E-state index contributed by atoms with van der Waals surface area (Å²) in [5.74, 6) is -1.12. The number of halogens is 1. The van der Waals surface area contributed by atoms with Crippen LogP contribution in [0.2, 0.25) is 0 Å². The predicted octanol–water partition coefficient (Wildman–Crippen LogP) is -2.36. The molecule has 0 aromatic carbocycles. The molecular formula is C10H14FN3O5. The summed E-state index contributed by atoms with van der Waals surface area (Å²) < 4.78 is 19.3. The fourth-order valence-electron chi connectivity index (χ4n) is 2.04. The number of rotatable bonds is 3. The van der Waals surface area contributed by atoms with Crippen molar-refractivity contribution in [3.8, 4) is 0 Å². The average molecular weight is 275 g/mol. The molecule has 5 N–H and O–H groups in total. The van der Waals surface area contributed by atoms with Gasteiger partial charge in [0.1, 0.15) is 18.4 Å².